The molecule has 6 heteroatoms. The van der Waals surface area contributed by atoms with Crippen molar-refractivity contribution in [3.8, 4) is 27.9 Å². The van der Waals surface area contributed by atoms with E-state index in [9.17, 15) is 0 Å². The fourth-order valence-electron chi connectivity index (χ4n) is 19.1. The summed E-state index contributed by atoms with van der Waals surface area (Å²) >= 11 is 3.86. The van der Waals surface area contributed by atoms with Crippen LogP contribution in [0.3, 0.4) is 0 Å². The average molecular weight is 991 g/mol. The molecule has 8 fully saturated rings. The van der Waals surface area contributed by atoms with Gasteiger partial charge in [-0.2, -0.15) is 0 Å². The fraction of sp³-hybridized carbons (Fsp3) is 0.294. The largest absolute Gasteiger partial charge is 0.455 e. The Morgan fingerprint density at radius 1 is 0.473 bits per heavy atom. The lowest BCUT2D eigenvalue weighted by atomic mass is 9.42. The second-order valence-corrected chi connectivity index (χ2v) is 27.4. The quantitative estimate of drug-likeness (QED) is 0.164. The van der Waals surface area contributed by atoms with Crippen molar-refractivity contribution in [2.75, 3.05) is 4.81 Å². The topological polar surface area (TPSA) is 21.3 Å². The lowest BCUT2D eigenvalue weighted by Gasteiger charge is -2.57. The van der Waals surface area contributed by atoms with Crippen LogP contribution in [0.25, 0.3) is 71.7 Å². The highest BCUT2D eigenvalue weighted by Gasteiger charge is 2.55. The maximum absolute atomic E-state index is 7.30. The van der Waals surface area contributed by atoms with Gasteiger partial charge < -0.3 is 13.8 Å². The first-order chi connectivity index (χ1) is 36.5. The monoisotopic (exact) mass is 990 g/mol. The van der Waals surface area contributed by atoms with Crippen molar-refractivity contribution in [3.05, 3.63) is 163 Å². The molecule has 358 valence electrons. The van der Waals surface area contributed by atoms with E-state index < -0.39 is 0 Å². The van der Waals surface area contributed by atoms with Crippen molar-refractivity contribution in [1.29, 1.82) is 0 Å². The Bertz CT molecular complexity index is 4060. The molecule has 10 aromatic rings. The highest BCUT2D eigenvalue weighted by atomic mass is 32.2. The molecule has 0 saturated heterocycles. The Balaban J connectivity index is 0.938. The number of hydrogen-bond donors (Lipinski definition) is 0. The Kier molecular flexibility index (Phi) is 8.04. The van der Waals surface area contributed by atoms with Crippen molar-refractivity contribution in [3.63, 3.8) is 0 Å². The first kappa shape index (κ1) is 41.2. The molecule has 0 spiro atoms. The summed E-state index contributed by atoms with van der Waals surface area (Å²) in [5, 5.41) is 5.36. The summed E-state index contributed by atoms with van der Waals surface area (Å²) in [6.45, 7) is -0.0879. The summed E-state index contributed by atoms with van der Waals surface area (Å²) in [6, 6.07) is 59.6. The molecule has 0 N–H and O–H groups in total. The summed E-state index contributed by atoms with van der Waals surface area (Å²) in [6.07, 6.45) is 17.0. The molecule has 8 bridgehead atoms. The van der Waals surface area contributed by atoms with Crippen LogP contribution >= 0.6 is 23.5 Å². The molecule has 11 aliphatic rings. The van der Waals surface area contributed by atoms with E-state index in [1.165, 1.54) is 179 Å². The molecule has 0 radical (unpaired) electrons. The van der Waals surface area contributed by atoms with Crippen LogP contribution in [0.1, 0.15) is 88.2 Å². The molecule has 8 saturated carbocycles. The van der Waals surface area contributed by atoms with E-state index in [2.05, 4.69) is 161 Å². The van der Waals surface area contributed by atoms with Crippen LogP contribution in [-0.2, 0) is 10.8 Å². The van der Waals surface area contributed by atoms with Gasteiger partial charge in [0.05, 0.1) is 11.0 Å². The van der Waals surface area contributed by atoms with Gasteiger partial charge in [0.2, 0.25) is 0 Å². The van der Waals surface area contributed by atoms with Gasteiger partial charge in [-0.15, -0.1) is 0 Å². The molecule has 3 nitrogen and oxygen atoms in total. The Morgan fingerprint density at radius 2 is 1.07 bits per heavy atom. The minimum atomic E-state index is -0.0879. The van der Waals surface area contributed by atoms with Gasteiger partial charge >= 0.3 is 6.85 Å². The summed E-state index contributed by atoms with van der Waals surface area (Å²) in [5.74, 6) is 5.29. The van der Waals surface area contributed by atoms with Crippen molar-refractivity contribution >= 4 is 96.4 Å². The Labute approximate surface area is 441 Å². The number of fused-ring (bicyclic) bond motifs is 13. The predicted molar refractivity (Wildman–Crippen MR) is 307 cm³/mol. The van der Waals surface area contributed by atoms with Crippen molar-refractivity contribution in [2.24, 2.45) is 35.5 Å². The predicted octanol–water partition coefficient (Wildman–Crippen LogP) is 17.1. The van der Waals surface area contributed by atoms with E-state index in [-0.39, 0.29) is 12.3 Å². The Morgan fingerprint density at radius 3 is 1.76 bits per heavy atom. The molecule has 21 rings (SSSR count). The maximum Gasteiger partial charge on any atom is 0.333 e. The maximum atomic E-state index is 7.30. The lowest BCUT2D eigenvalue weighted by molar-refractivity contribution is -0.00526. The van der Waals surface area contributed by atoms with Gasteiger partial charge in [-0.3, -0.25) is 0 Å². The minimum absolute atomic E-state index is 0.0879. The third-order valence-corrected chi connectivity index (χ3v) is 23.6. The average Bonchev–Trinajstić information content (AvgIpc) is 4.08. The SMILES string of the molecule is c1ccc(-c2ccc(N3B4c5c(cc6c(oc7ccccc76)c5-c5cc6c(cc53)Sc3ccccc3S6)-n3c5ccc(C67CC8CC(CC(C8)C6)C7)cc5c5cc(C67CC8CC(CC(C8)C6)C7)cc4c53)cc2)cc1. The second kappa shape index (κ2) is 14.4. The zero-order chi connectivity index (χ0) is 47.8. The molecule has 0 unspecified atom stereocenters. The standard InChI is InChI=1S/C68H55BN2OS2/c1-2-8-44(9-3-1)45-14-17-48(18-15-45)71-56-31-62-61(73-59-12-6-7-13-60(59)74-62)30-53(56)63-64-57(29-52-49-10-4-5-11-58(49)72-66(52)63)70-55-19-16-46(67-32-38-20-39(33-67)22-40(21-38)34-67)26-50(55)51-27-47(28-54(65(51)70)69(64)71)68-35-41-23-42(36-68)25-43(24-41)37-68/h1-19,26-31,38-43H,20-25,32-37H2. The van der Waals surface area contributed by atoms with E-state index in [1.54, 1.807) is 11.1 Å². The molecule has 74 heavy (non-hydrogen) atoms. The molecule has 8 aromatic carbocycles. The summed E-state index contributed by atoms with van der Waals surface area (Å²) in [7, 11) is 0. The number of benzene rings is 8. The summed E-state index contributed by atoms with van der Waals surface area (Å²) in [5.41, 5.74) is 20.2. The molecular formula is C68H55BN2OS2. The summed E-state index contributed by atoms with van der Waals surface area (Å²) in [4.78, 5) is 8.10. The number of rotatable bonds is 4. The van der Waals surface area contributed by atoms with Crippen molar-refractivity contribution in [1.82, 2.24) is 4.57 Å². The molecule has 5 heterocycles. The lowest BCUT2D eigenvalue weighted by Crippen LogP contribution is -2.61. The minimum Gasteiger partial charge on any atom is -0.455 e. The molecule has 8 aliphatic carbocycles. The van der Waals surface area contributed by atoms with Gasteiger partial charge in [0, 0.05) is 69.3 Å². The first-order valence-electron chi connectivity index (χ1n) is 28.2. The van der Waals surface area contributed by atoms with Gasteiger partial charge in [0.25, 0.3) is 0 Å². The van der Waals surface area contributed by atoms with Crippen LogP contribution in [0.15, 0.2) is 176 Å². The Hall–Kier alpha value is -6.08. The van der Waals surface area contributed by atoms with Gasteiger partial charge in [0.1, 0.15) is 11.2 Å². The number of hydrogen-bond acceptors (Lipinski definition) is 4. The first-order valence-corrected chi connectivity index (χ1v) is 29.8. The highest BCUT2D eigenvalue weighted by molar-refractivity contribution is 8.05. The van der Waals surface area contributed by atoms with Gasteiger partial charge in [-0.05, 0) is 223 Å². The number of anilines is 2. The highest BCUT2D eigenvalue weighted by Crippen LogP contribution is 2.64. The summed E-state index contributed by atoms with van der Waals surface area (Å²) < 4.78 is 10.1. The second-order valence-electron chi connectivity index (χ2n) is 25.2. The van der Waals surface area contributed by atoms with E-state index in [4.69, 9.17) is 4.42 Å². The number of furan rings is 1. The molecule has 0 amide bonds. The zero-order valence-electron chi connectivity index (χ0n) is 41.6. The third kappa shape index (κ3) is 5.49. The third-order valence-electron chi connectivity index (χ3n) is 21.1. The van der Waals surface area contributed by atoms with Crippen LogP contribution in [-0.4, -0.2) is 11.4 Å². The van der Waals surface area contributed by atoms with Crippen LogP contribution in [0.5, 0.6) is 0 Å². The van der Waals surface area contributed by atoms with Gasteiger partial charge in [0.15, 0.2) is 0 Å². The van der Waals surface area contributed by atoms with Gasteiger partial charge in [-0.1, -0.05) is 108 Å². The van der Waals surface area contributed by atoms with Crippen molar-refractivity contribution in [2.45, 2.75) is 107 Å². The van der Waals surface area contributed by atoms with Crippen LogP contribution in [0.4, 0.5) is 11.4 Å². The molecular weight excluding hydrogens is 936 g/mol. The van der Waals surface area contributed by atoms with Crippen LogP contribution < -0.4 is 15.7 Å². The van der Waals surface area contributed by atoms with Crippen LogP contribution in [0.2, 0.25) is 0 Å². The number of aromatic nitrogens is 1. The van der Waals surface area contributed by atoms with E-state index >= 15 is 0 Å². The fourth-order valence-corrected chi connectivity index (χ4v) is 21.3. The van der Waals surface area contributed by atoms with E-state index in [0.717, 1.165) is 46.7 Å². The molecule has 2 aromatic heterocycles. The number of nitrogens with zero attached hydrogens (tertiary/aromatic N) is 2. The normalized spacial score (nSPS) is 28.1. The molecule has 3 aliphatic heterocycles. The molecule has 0 atom stereocenters. The zero-order valence-corrected chi connectivity index (χ0v) is 43.2. The number of para-hydroxylation sites is 1. The van der Waals surface area contributed by atoms with Crippen molar-refractivity contribution < 1.29 is 4.42 Å². The van der Waals surface area contributed by atoms with E-state index in [0.29, 0.717) is 5.41 Å². The smallest absolute Gasteiger partial charge is 0.333 e. The van der Waals surface area contributed by atoms with E-state index in [1.807, 2.05) is 23.5 Å². The van der Waals surface area contributed by atoms with Crippen LogP contribution in [0, 0.1) is 35.5 Å². The van der Waals surface area contributed by atoms with Gasteiger partial charge in [-0.25, -0.2) is 0 Å².